The van der Waals surface area contributed by atoms with Crippen LogP contribution in [0.3, 0.4) is 0 Å². The molecule has 0 aromatic carbocycles. The van der Waals surface area contributed by atoms with Gasteiger partial charge in [-0.3, -0.25) is 0 Å². The SMILES string of the molecule is FC1CCCNC12CCSC2. The molecule has 2 heterocycles. The summed E-state index contributed by atoms with van der Waals surface area (Å²) in [5.41, 5.74) is -0.122. The van der Waals surface area contributed by atoms with Crippen molar-refractivity contribution in [3.05, 3.63) is 0 Å². The minimum Gasteiger partial charge on any atom is -0.308 e. The van der Waals surface area contributed by atoms with E-state index in [1.165, 1.54) is 0 Å². The molecular weight excluding hydrogens is 161 g/mol. The quantitative estimate of drug-likeness (QED) is 0.600. The number of thioether (sulfide) groups is 1. The predicted molar refractivity (Wildman–Crippen MR) is 46.8 cm³/mol. The highest BCUT2D eigenvalue weighted by molar-refractivity contribution is 7.99. The number of hydrogen-bond acceptors (Lipinski definition) is 2. The summed E-state index contributed by atoms with van der Waals surface area (Å²) in [6, 6.07) is 0. The van der Waals surface area contributed by atoms with E-state index < -0.39 is 6.17 Å². The van der Waals surface area contributed by atoms with Gasteiger partial charge in [0.25, 0.3) is 0 Å². The van der Waals surface area contributed by atoms with E-state index in [-0.39, 0.29) is 5.54 Å². The molecule has 0 saturated carbocycles. The Morgan fingerprint density at radius 3 is 3.09 bits per heavy atom. The second-order valence-corrected chi connectivity index (χ2v) is 4.60. The summed E-state index contributed by atoms with van der Waals surface area (Å²) < 4.78 is 13.5. The average molecular weight is 175 g/mol. The van der Waals surface area contributed by atoms with E-state index in [0.29, 0.717) is 0 Å². The number of nitrogens with one attached hydrogen (secondary N) is 1. The van der Waals surface area contributed by atoms with Crippen molar-refractivity contribution in [3.8, 4) is 0 Å². The first-order chi connectivity index (χ1) is 5.33. The molecule has 2 rings (SSSR count). The van der Waals surface area contributed by atoms with Gasteiger partial charge in [-0.2, -0.15) is 11.8 Å². The van der Waals surface area contributed by atoms with Gasteiger partial charge in [0.1, 0.15) is 6.17 Å². The van der Waals surface area contributed by atoms with Gasteiger partial charge in [0.2, 0.25) is 0 Å². The average Bonchev–Trinajstić information content (AvgIpc) is 2.46. The lowest BCUT2D eigenvalue weighted by Gasteiger charge is -2.37. The molecule has 1 nitrogen and oxygen atoms in total. The summed E-state index contributed by atoms with van der Waals surface area (Å²) in [4.78, 5) is 0. The van der Waals surface area contributed by atoms with Gasteiger partial charge >= 0.3 is 0 Å². The van der Waals surface area contributed by atoms with Gasteiger partial charge in [-0.25, -0.2) is 4.39 Å². The molecule has 0 amide bonds. The molecule has 0 aliphatic carbocycles. The summed E-state index contributed by atoms with van der Waals surface area (Å²) in [5, 5.41) is 3.35. The van der Waals surface area contributed by atoms with Gasteiger partial charge in [0.15, 0.2) is 0 Å². The molecule has 0 bridgehead atoms. The van der Waals surface area contributed by atoms with Crippen LogP contribution in [0.25, 0.3) is 0 Å². The van der Waals surface area contributed by atoms with Crippen molar-refractivity contribution in [2.75, 3.05) is 18.1 Å². The van der Waals surface area contributed by atoms with Crippen molar-refractivity contribution < 1.29 is 4.39 Å². The summed E-state index contributed by atoms with van der Waals surface area (Å²) in [5.74, 6) is 2.11. The van der Waals surface area contributed by atoms with Crippen LogP contribution in [-0.2, 0) is 0 Å². The molecule has 2 aliphatic rings. The maximum atomic E-state index is 13.5. The molecule has 64 valence electrons. The molecule has 2 saturated heterocycles. The maximum Gasteiger partial charge on any atom is 0.119 e. The summed E-state index contributed by atoms with van der Waals surface area (Å²) >= 11 is 1.88. The summed E-state index contributed by atoms with van der Waals surface area (Å²) in [6.45, 7) is 1.01. The molecule has 1 N–H and O–H groups in total. The van der Waals surface area contributed by atoms with Crippen LogP contribution in [0.2, 0.25) is 0 Å². The third-order valence-corrected chi connectivity index (χ3v) is 3.98. The van der Waals surface area contributed by atoms with Gasteiger partial charge < -0.3 is 5.32 Å². The predicted octanol–water partition coefficient (Wildman–Crippen LogP) is 1.58. The van der Waals surface area contributed by atoms with Gasteiger partial charge in [-0.1, -0.05) is 0 Å². The van der Waals surface area contributed by atoms with E-state index in [2.05, 4.69) is 5.32 Å². The molecule has 2 fully saturated rings. The second-order valence-electron chi connectivity index (χ2n) is 3.50. The Morgan fingerprint density at radius 1 is 1.55 bits per heavy atom. The van der Waals surface area contributed by atoms with Crippen molar-refractivity contribution in [1.29, 1.82) is 0 Å². The molecule has 2 aliphatic heterocycles. The fraction of sp³-hybridized carbons (Fsp3) is 1.00. The zero-order valence-electron chi connectivity index (χ0n) is 6.61. The molecule has 0 aromatic heterocycles. The van der Waals surface area contributed by atoms with Crippen LogP contribution in [0.15, 0.2) is 0 Å². The van der Waals surface area contributed by atoms with Gasteiger partial charge in [-0.15, -0.1) is 0 Å². The minimum atomic E-state index is -0.591. The first-order valence-electron chi connectivity index (χ1n) is 4.30. The molecular formula is C8H14FNS. The molecule has 0 radical (unpaired) electrons. The fourth-order valence-corrected chi connectivity index (χ4v) is 3.42. The maximum absolute atomic E-state index is 13.5. The Balaban J connectivity index is 2.07. The molecule has 2 atom stereocenters. The molecule has 11 heavy (non-hydrogen) atoms. The van der Waals surface area contributed by atoms with Crippen molar-refractivity contribution in [3.63, 3.8) is 0 Å². The minimum absolute atomic E-state index is 0.122. The largest absolute Gasteiger partial charge is 0.308 e. The standard InChI is InChI=1S/C8H14FNS/c9-7-2-1-4-10-8(7)3-5-11-6-8/h7,10H,1-6H2. The lowest BCUT2D eigenvalue weighted by Crippen LogP contribution is -2.56. The van der Waals surface area contributed by atoms with E-state index in [1.807, 2.05) is 11.8 Å². The highest BCUT2D eigenvalue weighted by Crippen LogP contribution is 2.36. The first-order valence-corrected chi connectivity index (χ1v) is 5.46. The molecule has 0 aromatic rings. The van der Waals surface area contributed by atoms with Crippen LogP contribution >= 0.6 is 11.8 Å². The Hall–Kier alpha value is 0.240. The Bertz CT molecular complexity index is 145. The van der Waals surface area contributed by atoms with Crippen molar-refractivity contribution in [1.82, 2.24) is 5.32 Å². The number of hydrogen-bond donors (Lipinski definition) is 1. The Morgan fingerprint density at radius 2 is 2.45 bits per heavy atom. The van der Waals surface area contributed by atoms with Gasteiger partial charge in [0.05, 0.1) is 5.54 Å². The third-order valence-electron chi connectivity index (χ3n) is 2.76. The zero-order chi connectivity index (χ0) is 7.73. The van der Waals surface area contributed by atoms with Crippen molar-refractivity contribution >= 4 is 11.8 Å². The van der Waals surface area contributed by atoms with E-state index in [0.717, 1.165) is 37.3 Å². The van der Waals surface area contributed by atoms with Crippen LogP contribution in [0.4, 0.5) is 4.39 Å². The number of halogens is 1. The highest BCUT2D eigenvalue weighted by atomic mass is 32.2. The Labute approximate surface area is 71.1 Å². The topological polar surface area (TPSA) is 12.0 Å². The smallest absolute Gasteiger partial charge is 0.119 e. The highest BCUT2D eigenvalue weighted by Gasteiger charge is 2.43. The second kappa shape index (κ2) is 2.94. The van der Waals surface area contributed by atoms with Crippen molar-refractivity contribution in [2.24, 2.45) is 0 Å². The zero-order valence-corrected chi connectivity index (χ0v) is 7.42. The number of alkyl halides is 1. The monoisotopic (exact) mass is 175 g/mol. The lowest BCUT2D eigenvalue weighted by molar-refractivity contribution is 0.127. The lowest BCUT2D eigenvalue weighted by atomic mass is 9.87. The van der Waals surface area contributed by atoms with Crippen LogP contribution in [0.1, 0.15) is 19.3 Å². The van der Waals surface area contributed by atoms with Crippen LogP contribution in [-0.4, -0.2) is 29.8 Å². The Kier molecular flexibility index (Phi) is 2.10. The summed E-state index contributed by atoms with van der Waals surface area (Å²) in [6.07, 6.45) is 2.21. The first kappa shape index (κ1) is 7.87. The van der Waals surface area contributed by atoms with Gasteiger partial charge in [0, 0.05) is 5.75 Å². The van der Waals surface area contributed by atoms with Gasteiger partial charge in [-0.05, 0) is 31.6 Å². The third kappa shape index (κ3) is 1.29. The van der Waals surface area contributed by atoms with Crippen LogP contribution in [0, 0.1) is 0 Å². The van der Waals surface area contributed by atoms with E-state index >= 15 is 0 Å². The van der Waals surface area contributed by atoms with E-state index in [9.17, 15) is 4.39 Å². The number of rotatable bonds is 0. The normalized spacial score (nSPS) is 45.0. The fourth-order valence-electron chi connectivity index (χ4n) is 1.97. The molecule has 2 unspecified atom stereocenters. The van der Waals surface area contributed by atoms with Crippen molar-refractivity contribution in [2.45, 2.75) is 31.0 Å². The molecule has 1 spiro atoms. The number of piperidine rings is 1. The van der Waals surface area contributed by atoms with Crippen LogP contribution in [0.5, 0.6) is 0 Å². The van der Waals surface area contributed by atoms with Crippen LogP contribution < -0.4 is 5.32 Å². The van der Waals surface area contributed by atoms with E-state index in [1.54, 1.807) is 0 Å². The summed E-state index contributed by atoms with van der Waals surface area (Å²) in [7, 11) is 0. The molecule has 3 heteroatoms. The van der Waals surface area contributed by atoms with E-state index in [4.69, 9.17) is 0 Å².